The summed E-state index contributed by atoms with van der Waals surface area (Å²) in [6.45, 7) is 2.23. The molecule has 2 rings (SSSR count). The highest BCUT2D eigenvalue weighted by Crippen LogP contribution is 2.35. The predicted octanol–water partition coefficient (Wildman–Crippen LogP) is 3.11. The van der Waals surface area contributed by atoms with E-state index in [-0.39, 0.29) is 0 Å². The van der Waals surface area contributed by atoms with Gasteiger partial charge in [-0.2, -0.15) is 0 Å². The van der Waals surface area contributed by atoms with Gasteiger partial charge in [0.05, 0.1) is 11.9 Å². The van der Waals surface area contributed by atoms with Crippen LogP contribution in [0.15, 0.2) is 4.99 Å². The SMILES string of the molecule is CCC(CC1CC1)N=C(N)C1CCCC1. The van der Waals surface area contributed by atoms with Crippen LogP contribution in [0, 0.1) is 11.8 Å². The minimum Gasteiger partial charge on any atom is -0.387 e. The summed E-state index contributed by atoms with van der Waals surface area (Å²) in [4.78, 5) is 4.75. The number of rotatable bonds is 5. The summed E-state index contributed by atoms with van der Waals surface area (Å²) in [5.41, 5.74) is 6.10. The van der Waals surface area contributed by atoms with Crippen molar-refractivity contribution in [2.24, 2.45) is 22.6 Å². The Bertz CT molecular complexity index is 225. The third-order valence-electron chi connectivity index (χ3n) is 3.88. The summed E-state index contributed by atoms with van der Waals surface area (Å²) in [5.74, 6) is 2.54. The van der Waals surface area contributed by atoms with E-state index >= 15 is 0 Å². The van der Waals surface area contributed by atoms with Gasteiger partial charge in [0, 0.05) is 5.92 Å². The highest BCUT2D eigenvalue weighted by Gasteiger charge is 2.25. The highest BCUT2D eigenvalue weighted by molar-refractivity contribution is 5.83. The first-order chi connectivity index (χ1) is 7.29. The number of aliphatic imine (C=N–C) groups is 1. The Kier molecular flexibility index (Phi) is 3.66. The van der Waals surface area contributed by atoms with Crippen LogP contribution in [0.3, 0.4) is 0 Å². The summed E-state index contributed by atoms with van der Waals surface area (Å²) < 4.78 is 0. The van der Waals surface area contributed by atoms with E-state index in [0.29, 0.717) is 12.0 Å². The Morgan fingerprint density at radius 3 is 2.47 bits per heavy atom. The van der Waals surface area contributed by atoms with Crippen LogP contribution in [0.2, 0.25) is 0 Å². The van der Waals surface area contributed by atoms with E-state index < -0.39 is 0 Å². The van der Waals surface area contributed by atoms with Gasteiger partial charge >= 0.3 is 0 Å². The maximum Gasteiger partial charge on any atom is 0.0971 e. The van der Waals surface area contributed by atoms with Gasteiger partial charge in [0.15, 0.2) is 0 Å². The standard InChI is InChI=1S/C13H24N2/c1-2-12(9-10-7-8-10)15-13(14)11-5-3-4-6-11/h10-12H,2-9H2,1H3,(H2,14,15). The Morgan fingerprint density at radius 2 is 1.93 bits per heavy atom. The first-order valence-electron chi connectivity index (χ1n) is 6.62. The molecule has 2 saturated carbocycles. The second kappa shape index (κ2) is 5.00. The van der Waals surface area contributed by atoms with Gasteiger partial charge in [-0.05, 0) is 31.6 Å². The molecule has 2 N–H and O–H groups in total. The average molecular weight is 208 g/mol. The Labute approximate surface area is 93.3 Å². The molecule has 0 saturated heterocycles. The van der Waals surface area contributed by atoms with Crippen molar-refractivity contribution in [1.82, 2.24) is 0 Å². The van der Waals surface area contributed by atoms with Crippen molar-refractivity contribution in [1.29, 1.82) is 0 Å². The monoisotopic (exact) mass is 208 g/mol. The lowest BCUT2D eigenvalue weighted by molar-refractivity contribution is 0.550. The van der Waals surface area contributed by atoms with Gasteiger partial charge < -0.3 is 5.73 Å². The summed E-state index contributed by atoms with van der Waals surface area (Å²) in [6, 6.07) is 0.512. The molecule has 2 aliphatic carbocycles. The lowest BCUT2D eigenvalue weighted by Crippen LogP contribution is -2.24. The van der Waals surface area contributed by atoms with Gasteiger partial charge in [-0.1, -0.05) is 32.6 Å². The fraction of sp³-hybridized carbons (Fsp3) is 0.923. The zero-order valence-corrected chi connectivity index (χ0v) is 9.91. The molecule has 2 fully saturated rings. The molecular weight excluding hydrogens is 184 g/mol. The van der Waals surface area contributed by atoms with Crippen LogP contribution in [0.5, 0.6) is 0 Å². The molecular formula is C13H24N2. The zero-order valence-electron chi connectivity index (χ0n) is 9.91. The molecule has 0 aromatic rings. The van der Waals surface area contributed by atoms with Crippen molar-refractivity contribution in [3.8, 4) is 0 Å². The molecule has 0 spiro atoms. The van der Waals surface area contributed by atoms with Gasteiger partial charge in [-0.3, -0.25) is 4.99 Å². The van der Waals surface area contributed by atoms with Gasteiger partial charge in [-0.15, -0.1) is 0 Å². The number of hydrogen-bond acceptors (Lipinski definition) is 1. The van der Waals surface area contributed by atoms with E-state index in [1.165, 1.54) is 44.9 Å². The van der Waals surface area contributed by atoms with Gasteiger partial charge in [-0.25, -0.2) is 0 Å². The fourth-order valence-corrected chi connectivity index (χ4v) is 2.59. The molecule has 0 aliphatic heterocycles. The Hall–Kier alpha value is -0.530. The molecule has 0 heterocycles. The molecule has 2 nitrogen and oxygen atoms in total. The fourth-order valence-electron chi connectivity index (χ4n) is 2.59. The predicted molar refractivity (Wildman–Crippen MR) is 65.0 cm³/mol. The van der Waals surface area contributed by atoms with E-state index in [9.17, 15) is 0 Å². The molecule has 2 aliphatic rings. The number of nitrogens with two attached hydrogens (primary N) is 1. The maximum atomic E-state index is 6.10. The molecule has 2 heteroatoms. The van der Waals surface area contributed by atoms with E-state index in [0.717, 1.165) is 18.2 Å². The quantitative estimate of drug-likeness (QED) is 0.547. The van der Waals surface area contributed by atoms with Crippen LogP contribution >= 0.6 is 0 Å². The first-order valence-corrected chi connectivity index (χ1v) is 6.62. The van der Waals surface area contributed by atoms with Crippen molar-refractivity contribution in [2.75, 3.05) is 0 Å². The van der Waals surface area contributed by atoms with Crippen molar-refractivity contribution in [3.05, 3.63) is 0 Å². The third kappa shape index (κ3) is 3.22. The minimum absolute atomic E-state index is 0.512. The minimum atomic E-state index is 0.512. The van der Waals surface area contributed by atoms with Crippen molar-refractivity contribution < 1.29 is 0 Å². The molecule has 1 unspecified atom stereocenters. The van der Waals surface area contributed by atoms with E-state index in [4.69, 9.17) is 10.7 Å². The molecule has 86 valence electrons. The highest BCUT2D eigenvalue weighted by atomic mass is 14.9. The van der Waals surface area contributed by atoms with Crippen molar-refractivity contribution in [3.63, 3.8) is 0 Å². The van der Waals surface area contributed by atoms with Crippen LogP contribution in [0.25, 0.3) is 0 Å². The molecule has 0 bridgehead atoms. The van der Waals surface area contributed by atoms with Crippen molar-refractivity contribution >= 4 is 5.84 Å². The van der Waals surface area contributed by atoms with Gasteiger partial charge in [0.1, 0.15) is 0 Å². The van der Waals surface area contributed by atoms with Crippen molar-refractivity contribution in [2.45, 2.75) is 64.3 Å². The summed E-state index contributed by atoms with van der Waals surface area (Å²) in [6.07, 6.45) is 10.5. The van der Waals surface area contributed by atoms with Gasteiger partial charge in [0.25, 0.3) is 0 Å². The Morgan fingerprint density at radius 1 is 1.27 bits per heavy atom. The summed E-state index contributed by atoms with van der Waals surface area (Å²) >= 11 is 0. The second-order valence-corrected chi connectivity index (χ2v) is 5.28. The average Bonchev–Trinajstić information content (AvgIpc) is 2.88. The zero-order chi connectivity index (χ0) is 10.7. The van der Waals surface area contributed by atoms with E-state index in [2.05, 4.69) is 6.92 Å². The molecule has 0 aromatic heterocycles. The lowest BCUT2D eigenvalue weighted by Gasteiger charge is -2.14. The Balaban J connectivity index is 1.86. The largest absolute Gasteiger partial charge is 0.387 e. The van der Waals surface area contributed by atoms with Crippen LogP contribution in [0.1, 0.15) is 58.3 Å². The first kappa shape index (κ1) is 11.0. The number of amidine groups is 1. The van der Waals surface area contributed by atoms with Crippen LogP contribution < -0.4 is 5.73 Å². The maximum absolute atomic E-state index is 6.10. The summed E-state index contributed by atoms with van der Waals surface area (Å²) in [5, 5.41) is 0. The number of hydrogen-bond donors (Lipinski definition) is 1. The number of nitrogens with zero attached hydrogens (tertiary/aromatic N) is 1. The molecule has 15 heavy (non-hydrogen) atoms. The third-order valence-corrected chi connectivity index (χ3v) is 3.88. The molecule has 0 aromatic carbocycles. The normalized spacial score (nSPS) is 25.8. The molecule has 1 atom stereocenters. The van der Waals surface area contributed by atoms with E-state index in [1.54, 1.807) is 0 Å². The smallest absolute Gasteiger partial charge is 0.0971 e. The lowest BCUT2D eigenvalue weighted by atomic mass is 10.1. The molecule has 0 radical (unpaired) electrons. The topological polar surface area (TPSA) is 38.4 Å². The van der Waals surface area contributed by atoms with Crippen LogP contribution in [-0.4, -0.2) is 11.9 Å². The van der Waals surface area contributed by atoms with Crippen LogP contribution in [0.4, 0.5) is 0 Å². The second-order valence-electron chi connectivity index (χ2n) is 5.28. The molecule has 0 amide bonds. The van der Waals surface area contributed by atoms with E-state index in [1.807, 2.05) is 0 Å². The van der Waals surface area contributed by atoms with Gasteiger partial charge in [0.2, 0.25) is 0 Å². The van der Waals surface area contributed by atoms with Crippen LogP contribution in [-0.2, 0) is 0 Å². The summed E-state index contributed by atoms with van der Waals surface area (Å²) in [7, 11) is 0.